The van der Waals surface area contributed by atoms with Crippen molar-refractivity contribution >= 4 is 29.8 Å². The largest absolute Gasteiger partial charge is 0.465 e. The Labute approximate surface area is 291 Å². The van der Waals surface area contributed by atoms with E-state index in [-0.39, 0.29) is 29.5 Å². The molecule has 2 aromatic rings. The average Bonchev–Trinajstić information content (AvgIpc) is 3.27. The van der Waals surface area contributed by atoms with Gasteiger partial charge in [0.2, 0.25) is 0 Å². The average molecular weight is 693 g/mol. The third-order valence-corrected chi connectivity index (χ3v) is 10.4. The Bertz CT molecular complexity index is 1660. The van der Waals surface area contributed by atoms with Crippen molar-refractivity contribution < 1.29 is 57.5 Å². The van der Waals surface area contributed by atoms with Gasteiger partial charge >= 0.3 is 29.8 Å². The van der Waals surface area contributed by atoms with Gasteiger partial charge in [0.1, 0.15) is 30.3 Å². The van der Waals surface area contributed by atoms with Crippen LogP contribution in [0.25, 0.3) is 0 Å². The Kier molecular flexibility index (Phi) is 10.0. The number of rotatable bonds is 9. The Morgan fingerprint density at radius 1 is 0.800 bits per heavy atom. The summed E-state index contributed by atoms with van der Waals surface area (Å²) in [5.74, 6) is -4.90. The van der Waals surface area contributed by atoms with Crippen LogP contribution in [0.4, 0.5) is 0 Å². The molecule has 268 valence electrons. The second-order valence-electron chi connectivity index (χ2n) is 13.9. The molecule has 1 saturated heterocycles. The van der Waals surface area contributed by atoms with Crippen molar-refractivity contribution in [2.24, 2.45) is 11.3 Å². The van der Waals surface area contributed by atoms with E-state index in [0.717, 1.165) is 0 Å². The number of aliphatic hydroxyl groups is 1. The first-order valence-corrected chi connectivity index (χ1v) is 16.6. The predicted molar refractivity (Wildman–Crippen MR) is 176 cm³/mol. The molecule has 1 heterocycles. The molecule has 0 aromatic heterocycles. The zero-order valence-corrected chi connectivity index (χ0v) is 29.3. The standard InChI is InChI=1S/C38H44O12/c1-8-22(2)32(41)48-29-28-30(46-24(4)40)38(50-35(28,5)6)36(7,44)20-19-27(47-33(42)25-15-11-9-12-16-25)37(38,21-45-23(3)39)31(29)49-34(43)26-17-13-10-14-18-26/h8-18,27-31,44H,19-21H2,1-7H3/b22-8+/t27?,28-,29?,30?,31?,36-,37+,38+/m1/s1. The molecule has 3 aliphatic rings. The van der Waals surface area contributed by atoms with Crippen LogP contribution in [0.15, 0.2) is 72.3 Å². The molecule has 50 heavy (non-hydrogen) atoms. The first kappa shape index (κ1) is 36.7. The molecule has 1 spiro atoms. The molecular weight excluding hydrogens is 648 g/mol. The van der Waals surface area contributed by atoms with Crippen LogP contribution < -0.4 is 0 Å². The first-order chi connectivity index (χ1) is 23.5. The van der Waals surface area contributed by atoms with Gasteiger partial charge < -0.3 is 33.5 Å². The molecule has 3 fully saturated rings. The molecule has 2 saturated carbocycles. The van der Waals surface area contributed by atoms with Gasteiger partial charge in [-0.1, -0.05) is 42.5 Å². The van der Waals surface area contributed by atoms with E-state index in [2.05, 4.69) is 0 Å². The van der Waals surface area contributed by atoms with Crippen molar-refractivity contribution in [2.45, 2.75) is 103 Å². The normalized spacial score (nSPS) is 32.6. The van der Waals surface area contributed by atoms with Crippen LogP contribution in [0, 0.1) is 11.3 Å². The van der Waals surface area contributed by atoms with Gasteiger partial charge in [-0.3, -0.25) is 9.59 Å². The summed E-state index contributed by atoms with van der Waals surface area (Å²) in [4.78, 5) is 67.2. The molecule has 2 aliphatic carbocycles. The lowest BCUT2D eigenvalue weighted by atomic mass is 9.46. The van der Waals surface area contributed by atoms with Crippen LogP contribution in [0.3, 0.4) is 0 Å². The van der Waals surface area contributed by atoms with Crippen molar-refractivity contribution in [3.05, 3.63) is 83.4 Å². The van der Waals surface area contributed by atoms with Crippen molar-refractivity contribution in [1.29, 1.82) is 0 Å². The molecular formula is C38H44O12. The van der Waals surface area contributed by atoms with Gasteiger partial charge in [-0.2, -0.15) is 0 Å². The Morgan fingerprint density at radius 3 is 1.88 bits per heavy atom. The second kappa shape index (κ2) is 13.6. The summed E-state index contributed by atoms with van der Waals surface area (Å²) in [6.07, 6.45) is -4.27. The molecule has 1 N–H and O–H groups in total. The van der Waals surface area contributed by atoms with Crippen LogP contribution >= 0.6 is 0 Å². The Morgan fingerprint density at radius 2 is 1.36 bits per heavy atom. The van der Waals surface area contributed by atoms with Gasteiger partial charge in [0.05, 0.1) is 28.2 Å². The maximum absolute atomic E-state index is 14.1. The molecule has 12 nitrogen and oxygen atoms in total. The Balaban J connectivity index is 1.85. The fourth-order valence-corrected chi connectivity index (χ4v) is 8.15. The number of fused-ring (bicyclic) bond motifs is 1. The van der Waals surface area contributed by atoms with Crippen molar-refractivity contribution in [1.82, 2.24) is 0 Å². The lowest BCUT2D eigenvalue weighted by molar-refractivity contribution is -0.347. The van der Waals surface area contributed by atoms with Gasteiger partial charge in [0.15, 0.2) is 11.7 Å². The molecule has 2 bridgehead atoms. The first-order valence-electron chi connectivity index (χ1n) is 16.6. The van der Waals surface area contributed by atoms with Crippen molar-refractivity contribution in [3.63, 3.8) is 0 Å². The lowest BCUT2D eigenvalue weighted by Crippen LogP contribution is -2.83. The van der Waals surface area contributed by atoms with E-state index in [9.17, 15) is 29.1 Å². The quantitative estimate of drug-likeness (QED) is 0.223. The molecule has 12 heteroatoms. The minimum Gasteiger partial charge on any atom is -0.465 e. The number of hydrogen-bond acceptors (Lipinski definition) is 12. The van der Waals surface area contributed by atoms with E-state index in [0.29, 0.717) is 0 Å². The molecule has 1 aliphatic heterocycles. The minimum atomic E-state index is -2.06. The highest BCUT2D eigenvalue weighted by Crippen LogP contribution is 2.69. The SMILES string of the molecule is C/C=C(\C)C(=O)OC1C(OC(=O)c2ccccc2)[C@]2(COC(C)=O)C(OC(=O)c3ccccc3)CC[C@@](C)(O)[C@]23OC(C)(C)[C@H]1C3OC(C)=O. The van der Waals surface area contributed by atoms with Crippen LogP contribution in [0.5, 0.6) is 0 Å². The lowest BCUT2D eigenvalue weighted by Gasteiger charge is -2.65. The molecule has 4 unspecified atom stereocenters. The summed E-state index contributed by atoms with van der Waals surface area (Å²) in [6, 6.07) is 16.2. The van der Waals surface area contributed by atoms with Crippen LogP contribution in [0.2, 0.25) is 0 Å². The highest BCUT2D eigenvalue weighted by atomic mass is 16.6. The number of ether oxygens (including phenoxy) is 6. The van der Waals surface area contributed by atoms with Crippen molar-refractivity contribution in [3.8, 4) is 0 Å². The van der Waals surface area contributed by atoms with E-state index < -0.39 is 89.0 Å². The van der Waals surface area contributed by atoms with Crippen molar-refractivity contribution in [2.75, 3.05) is 6.61 Å². The molecule has 5 rings (SSSR count). The number of allylic oxidation sites excluding steroid dienone is 1. The number of carbonyl (C=O) groups excluding carboxylic acids is 5. The van der Waals surface area contributed by atoms with E-state index in [1.54, 1.807) is 82.3 Å². The van der Waals surface area contributed by atoms with E-state index >= 15 is 0 Å². The fourth-order valence-electron chi connectivity index (χ4n) is 8.15. The molecule has 0 amide bonds. The number of esters is 5. The highest BCUT2D eigenvalue weighted by molar-refractivity contribution is 5.90. The van der Waals surface area contributed by atoms with Crippen LogP contribution in [0.1, 0.15) is 82.0 Å². The smallest absolute Gasteiger partial charge is 0.338 e. The van der Waals surface area contributed by atoms with Crippen LogP contribution in [-0.4, -0.2) is 82.8 Å². The zero-order chi connectivity index (χ0) is 36.6. The van der Waals surface area contributed by atoms with Gasteiger partial charge in [-0.05, 0) is 71.7 Å². The number of carbonyl (C=O) groups is 5. The summed E-state index contributed by atoms with van der Waals surface area (Å²) in [6.45, 7) is 9.75. The molecule has 2 aromatic carbocycles. The van der Waals surface area contributed by atoms with Gasteiger partial charge in [0, 0.05) is 19.4 Å². The third-order valence-electron chi connectivity index (χ3n) is 10.4. The van der Waals surface area contributed by atoms with E-state index in [4.69, 9.17) is 28.4 Å². The van der Waals surface area contributed by atoms with Gasteiger partial charge in [0.25, 0.3) is 0 Å². The van der Waals surface area contributed by atoms with Gasteiger partial charge in [-0.15, -0.1) is 0 Å². The molecule has 8 atom stereocenters. The fraction of sp³-hybridized carbons (Fsp3) is 0.500. The summed E-state index contributed by atoms with van der Waals surface area (Å²) >= 11 is 0. The predicted octanol–water partition coefficient (Wildman–Crippen LogP) is 4.52. The zero-order valence-electron chi connectivity index (χ0n) is 29.3. The monoisotopic (exact) mass is 692 g/mol. The van der Waals surface area contributed by atoms with Gasteiger partial charge in [-0.25, -0.2) is 14.4 Å². The summed E-state index contributed by atoms with van der Waals surface area (Å²) in [5.41, 5.74) is -6.76. The van der Waals surface area contributed by atoms with E-state index in [1.165, 1.54) is 32.9 Å². The minimum absolute atomic E-state index is 0.0379. The topological polar surface area (TPSA) is 161 Å². The number of hydrogen-bond donors (Lipinski definition) is 1. The second-order valence-corrected chi connectivity index (χ2v) is 13.9. The maximum Gasteiger partial charge on any atom is 0.338 e. The maximum atomic E-state index is 14.1. The number of benzene rings is 2. The molecule has 0 radical (unpaired) electrons. The Hall–Kier alpha value is -4.55. The van der Waals surface area contributed by atoms with E-state index in [1.807, 2.05) is 0 Å². The summed E-state index contributed by atoms with van der Waals surface area (Å²) in [5, 5.41) is 12.6. The van der Waals surface area contributed by atoms with Crippen LogP contribution in [-0.2, 0) is 42.8 Å². The summed E-state index contributed by atoms with van der Waals surface area (Å²) < 4.78 is 37.7. The highest BCUT2D eigenvalue weighted by Gasteiger charge is 2.87. The third kappa shape index (κ3) is 6.08. The summed E-state index contributed by atoms with van der Waals surface area (Å²) in [7, 11) is 0.